The average molecular weight is 146 g/mol. The number of halogens is 1. The Labute approximate surface area is 45.4 Å². The van der Waals surface area contributed by atoms with E-state index in [1.807, 2.05) is 6.07 Å². The maximum absolute atomic E-state index is 7.97. The van der Waals surface area contributed by atoms with Crippen LogP contribution < -0.4 is 0 Å². The highest BCUT2D eigenvalue weighted by atomic mass is 79.9. The molecule has 0 bridgehead atoms. The zero-order chi connectivity index (χ0) is 4.99. The minimum absolute atomic E-state index is 0.586. The van der Waals surface area contributed by atoms with Crippen LogP contribution in [-0.4, -0.2) is 0 Å². The summed E-state index contributed by atoms with van der Waals surface area (Å²) in [7, 11) is 0. The summed E-state index contributed by atoms with van der Waals surface area (Å²) < 4.78 is 0.586. The SMILES string of the molecule is C/C=C(\Br)C#N. The van der Waals surface area contributed by atoms with Crippen LogP contribution in [0.1, 0.15) is 6.92 Å². The monoisotopic (exact) mass is 145 g/mol. The molecule has 0 aromatic rings. The van der Waals surface area contributed by atoms with E-state index in [9.17, 15) is 0 Å². The molecule has 0 aliphatic carbocycles. The number of rotatable bonds is 0. The van der Waals surface area contributed by atoms with Gasteiger partial charge in [0.05, 0.1) is 4.48 Å². The molecule has 0 atom stereocenters. The van der Waals surface area contributed by atoms with E-state index in [-0.39, 0.29) is 0 Å². The summed E-state index contributed by atoms with van der Waals surface area (Å²) in [6.07, 6.45) is 1.69. The van der Waals surface area contributed by atoms with Crippen LogP contribution >= 0.6 is 15.9 Å². The Kier molecular flexibility index (Phi) is 2.78. The molecule has 6 heavy (non-hydrogen) atoms. The Hall–Kier alpha value is -0.290. The summed E-state index contributed by atoms with van der Waals surface area (Å²) >= 11 is 2.98. The highest BCUT2D eigenvalue weighted by Gasteiger charge is 1.74. The molecule has 0 rings (SSSR count). The van der Waals surface area contributed by atoms with Crippen LogP contribution in [-0.2, 0) is 0 Å². The highest BCUT2D eigenvalue weighted by Crippen LogP contribution is 1.98. The first-order valence-corrected chi connectivity index (χ1v) is 2.32. The molecule has 0 unspecified atom stereocenters. The molecule has 0 radical (unpaired) electrons. The fourth-order valence-corrected chi connectivity index (χ4v) is 0.0645. The quantitative estimate of drug-likeness (QED) is 0.478. The predicted molar refractivity (Wildman–Crippen MR) is 28.3 cm³/mol. The van der Waals surface area contributed by atoms with E-state index < -0.39 is 0 Å². The fourth-order valence-electron chi connectivity index (χ4n) is 0.0645. The van der Waals surface area contributed by atoms with Gasteiger partial charge in [-0.25, -0.2) is 0 Å². The lowest BCUT2D eigenvalue weighted by molar-refractivity contribution is 1.52. The number of nitriles is 1. The predicted octanol–water partition coefficient (Wildman–Crippen LogP) is 1.81. The van der Waals surface area contributed by atoms with Crippen LogP contribution in [0, 0.1) is 11.3 Å². The molecule has 2 heteroatoms. The van der Waals surface area contributed by atoms with Crippen molar-refractivity contribution in [2.24, 2.45) is 0 Å². The summed E-state index contributed by atoms with van der Waals surface area (Å²) in [5.74, 6) is 0. The molecule has 0 spiro atoms. The van der Waals surface area contributed by atoms with Gasteiger partial charge in [0.15, 0.2) is 0 Å². The summed E-state index contributed by atoms with van der Waals surface area (Å²) in [5, 5.41) is 7.97. The topological polar surface area (TPSA) is 23.8 Å². The number of allylic oxidation sites excluding steroid dienone is 2. The molecule has 0 aromatic carbocycles. The molecular weight excluding hydrogens is 142 g/mol. The van der Waals surface area contributed by atoms with Crippen LogP contribution in [0.4, 0.5) is 0 Å². The van der Waals surface area contributed by atoms with Crippen molar-refractivity contribution in [3.8, 4) is 6.07 Å². The van der Waals surface area contributed by atoms with Crippen molar-refractivity contribution in [1.82, 2.24) is 0 Å². The molecule has 0 saturated heterocycles. The summed E-state index contributed by atoms with van der Waals surface area (Å²) in [6, 6.07) is 1.89. The molecule has 0 aliphatic rings. The van der Waals surface area contributed by atoms with Crippen molar-refractivity contribution in [2.45, 2.75) is 6.92 Å². The summed E-state index contributed by atoms with van der Waals surface area (Å²) in [5.41, 5.74) is 0. The third kappa shape index (κ3) is 1.98. The van der Waals surface area contributed by atoms with Gasteiger partial charge in [0, 0.05) is 0 Å². The summed E-state index contributed by atoms with van der Waals surface area (Å²) in [6.45, 7) is 1.80. The fraction of sp³-hybridized carbons (Fsp3) is 0.250. The van der Waals surface area contributed by atoms with Gasteiger partial charge in [0.1, 0.15) is 6.07 Å². The molecule has 0 amide bonds. The second-order valence-corrected chi connectivity index (χ2v) is 1.60. The first-order chi connectivity index (χ1) is 2.81. The van der Waals surface area contributed by atoms with E-state index in [0.29, 0.717) is 4.48 Å². The van der Waals surface area contributed by atoms with Crippen LogP contribution in [0.25, 0.3) is 0 Å². The molecule has 0 fully saturated rings. The lowest BCUT2D eigenvalue weighted by Crippen LogP contribution is -1.51. The van der Waals surface area contributed by atoms with Crippen molar-refractivity contribution in [2.75, 3.05) is 0 Å². The van der Waals surface area contributed by atoms with Gasteiger partial charge in [-0.2, -0.15) is 5.26 Å². The van der Waals surface area contributed by atoms with Crippen molar-refractivity contribution >= 4 is 15.9 Å². The van der Waals surface area contributed by atoms with Crippen molar-refractivity contribution in [1.29, 1.82) is 5.26 Å². The van der Waals surface area contributed by atoms with Crippen LogP contribution in [0.15, 0.2) is 10.6 Å². The van der Waals surface area contributed by atoms with Gasteiger partial charge >= 0.3 is 0 Å². The minimum atomic E-state index is 0.586. The maximum Gasteiger partial charge on any atom is 0.106 e. The minimum Gasteiger partial charge on any atom is -0.192 e. The third-order valence-electron chi connectivity index (χ3n) is 0.360. The third-order valence-corrected chi connectivity index (χ3v) is 0.995. The standard InChI is InChI=1S/C4H4BrN/c1-2-4(5)3-6/h2H,1H3/b4-2-. The van der Waals surface area contributed by atoms with E-state index >= 15 is 0 Å². The van der Waals surface area contributed by atoms with E-state index in [4.69, 9.17) is 5.26 Å². The molecule has 0 aliphatic heterocycles. The number of hydrogen-bond acceptors (Lipinski definition) is 1. The smallest absolute Gasteiger partial charge is 0.106 e. The Balaban J connectivity index is 3.61. The van der Waals surface area contributed by atoms with Gasteiger partial charge in [-0.3, -0.25) is 0 Å². The zero-order valence-corrected chi connectivity index (χ0v) is 4.99. The van der Waals surface area contributed by atoms with E-state index in [2.05, 4.69) is 15.9 Å². The first-order valence-electron chi connectivity index (χ1n) is 1.53. The van der Waals surface area contributed by atoms with Crippen LogP contribution in [0.3, 0.4) is 0 Å². The normalized spacial score (nSPS) is 10.5. The largest absolute Gasteiger partial charge is 0.192 e. The lowest BCUT2D eigenvalue weighted by Gasteiger charge is -1.67. The molecule has 0 N–H and O–H groups in total. The summed E-state index contributed by atoms with van der Waals surface area (Å²) in [4.78, 5) is 0. The number of hydrogen-bond donors (Lipinski definition) is 0. The van der Waals surface area contributed by atoms with Gasteiger partial charge in [-0.05, 0) is 22.9 Å². The van der Waals surface area contributed by atoms with E-state index in [1.165, 1.54) is 0 Å². The van der Waals surface area contributed by atoms with Gasteiger partial charge in [-0.1, -0.05) is 6.08 Å². The van der Waals surface area contributed by atoms with E-state index in [0.717, 1.165) is 0 Å². The van der Waals surface area contributed by atoms with Gasteiger partial charge < -0.3 is 0 Å². The molecule has 0 heterocycles. The van der Waals surface area contributed by atoms with Crippen molar-refractivity contribution < 1.29 is 0 Å². The lowest BCUT2D eigenvalue weighted by atomic mass is 10.6. The van der Waals surface area contributed by atoms with Crippen molar-refractivity contribution in [3.63, 3.8) is 0 Å². The Morgan fingerprint density at radius 2 is 2.50 bits per heavy atom. The Morgan fingerprint density at radius 1 is 2.00 bits per heavy atom. The maximum atomic E-state index is 7.97. The van der Waals surface area contributed by atoms with Gasteiger partial charge in [-0.15, -0.1) is 0 Å². The van der Waals surface area contributed by atoms with Crippen LogP contribution in [0.5, 0.6) is 0 Å². The average Bonchev–Trinajstić information content (AvgIpc) is 1.65. The highest BCUT2D eigenvalue weighted by molar-refractivity contribution is 9.12. The zero-order valence-electron chi connectivity index (χ0n) is 3.40. The van der Waals surface area contributed by atoms with Crippen LogP contribution in [0.2, 0.25) is 0 Å². The molecule has 0 saturated carbocycles. The Bertz CT molecular complexity index is 98.6. The van der Waals surface area contributed by atoms with E-state index in [1.54, 1.807) is 13.0 Å². The van der Waals surface area contributed by atoms with Crippen molar-refractivity contribution in [3.05, 3.63) is 10.6 Å². The number of nitrogens with zero attached hydrogens (tertiary/aromatic N) is 1. The van der Waals surface area contributed by atoms with Gasteiger partial charge in [0.2, 0.25) is 0 Å². The Morgan fingerprint density at radius 3 is 2.50 bits per heavy atom. The molecular formula is C4H4BrN. The molecule has 0 aromatic heterocycles. The molecule has 1 nitrogen and oxygen atoms in total. The first kappa shape index (κ1) is 5.71. The second kappa shape index (κ2) is 2.92. The van der Waals surface area contributed by atoms with Gasteiger partial charge in [0.25, 0.3) is 0 Å². The second-order valence-electron chi connectivity index (χ2n) is 0.748. The molecule has 32 valence electrons.